The zero-order valence-corrected chi connectivity index (χ0v) is 19.1. The Labute approximate surface area is 191 Å². The van der Waals surface area contributed by atoms with Crippen molar-refractivity contribution in [3.63, 3.8) is 0 Å². The van der Waals surface area contributed by atoms with E-state index in [4.69, 9.17) is 14.0 Å². The summed E-state index contributed by atoms with van der Waals surface area (Å²) in [6.07, 6.45) is 0. The maximum atomic E-state index is 12.9. The first kappa shape index (κ1) is 22.9. The Morgan fingerprint density at radius 2 is 1.94 bits per heavy atom. The molecule has 0 unspecified atom stereocenters. The number of hydrogen-bond acceptors (Lipinski definition) is 8. The molecule has 4 rings (SSSR count). The van der Waals surface area contributed by atoms with Crippen LogP contribution in [0, 0.1) is 6.92 Å². The molecule has 1 fully saturated rings. The van der Waals surface area contributed by atoms with Gasteiger partial charge in [0.05, 0.1) is 37.3 Å². The Balaban J connectivity index is 1.52. The van der Waals surface area contributed by atoms with Gasteiger partial charge in [0.1, 0.15) is 5.75 Å². The van der Waals surface area contributed by atoms with E-state index in [0.717, 1.165) is 11.1 Å². The number of ether oxygens (including phenoxy) is 2. The van der Waals surface area contributed by atoms with E-state index in [2.05, 4.69) is 14.9 Å². The lowest BCUT2D eigenvalue weighted by molar-refractivity contribution is 0.0300. The van der Waals surface area contributed by atoms with Gasteiger partial charge in [-0.3, -0.25) is 4.79 Å². The molecule has 1 aliphatic rings. The van der Waals surface area contributed by atoms with Gasteiger partial charge in [0.2, 0.25) is 21.7 Å². The molecule has 0 atom stereocenters. The minimum atomic E-state index is -3.96. The first-order chi connectivity index (χ1) is 15.9. The Hall–Kier alpha value is -3.28. The van der Waals surface area contributed by atoms with Gasteiger partial charge in [-0.1, -0.05) is 29.4 Å². The van der Waals surface area contributed by atoms with E-state index in [-0.39, 0.29) is 28.8 Å². The highest BCUT2D eigenvalue weighted by Gasteiger charge is 2.25. The highest BCUT2D eigenvalue weighted by molar-refractivity contribution is 7.89. The van der Waals surface area contributed by atoms with E-state index in [0.29, 0.717) is 37.9 Å². The summed E-state index contributed by atoms with van der Waals surface area (Å²) in [7, 11) is -2.53. The van der Waals surface area contributed by atoms with Gasteiger partial charge in [-0.15, -0.1) is 0 Å². The number of carbonyl (C=O) groups excluding carboxylic acids is 1. The fourth-order valence-electron chi connectivity index (χ4n) is 3.46. The van der Waals surface area contributed by atoms with Crippen LogP contribution in [-0.2, 0) is 21.3 Å². The zero-order valence-electron chi connectivity index (χ0n) is 18.3. The topological polar surface area (TPSA) is 124 Å². The van der Waals surface area contributed by atoms with E-state index in [9.17, 15) is 13.2 Å². The number of aryl methyl sites for hydroxylation is 1. The van der Waals surface area contributed by atoms with Crippen molar-refractivity contribution in [2.24, 2.45) is 0 Å². The second-order valence-electron chi connectivity index (χ2n) is 7.42. The number of sulfonamides is 1. The predicted octanol–water partition coefficient (Wildman–Crippen LogP) is 2.00. The van der Waals surface area contributed by atoms with Crippen molar-refractivity contribution >= 4 is 15.9 Å². The molecule has 10 nitrogen and oxygen atoms in total. The predicted molar refractivity (Wildman–Crippen MR) is 118 cm³/mol. The van der Waals surface area contributed by atoms with Crippen LogP contribution in [0.5, 0.6) is 5.75 Å². The van der Waals surface area contributed by atoms with Gasteiger partial charge in [0.15, 0.2) is 0 Å². The van der Waals surface area contributed by atoms with Crippen LogP contribution < -0.4 is 9.46 Å². The molecule has 0 radical (unpaired) electrons. The number of aromatic nitrogens is 2. The van der Waals surface area contributed by atoms with Crippen molar-refractivity contribution in [2.75, 3.05) is 33.4 Å². The van der Waals surface area contributed by atoms with Crippen LogP contribution in [0.2, 0.25) is 0 Å². The summed E-state index contributed by atoms with van der Waals surface area (Å²) in [6, 6.07) is 11.7. The quantitative estimate of drug-likeness (QED) is 0.554. The molecule has 3 aromatic rings. The SMILES string of the molecule is COc1ccc(S(=O)(=O)NCc2nc(-c3ccccc3C)no2)cc1C(=O)N1CCOCC1. The number of amides is 1. The highest BCUT2D eigenvalue weighted by atomic mass is 32.2. The van der Waals surface area contributed by atoms with Crippen molar-refractivity contribution in [3.8, 4) is 17.1 Å². The molecule has 2 heterocycles. The van der Waals surface area contributed by atoms with E-state index in [1.54, 1.807) is 4.90 Å². The van der Waals surface area contributed by atoms with Crippen molar-refractivity contribution in [1.82, 2.24) is 19.8 Å². The van der Waals surface area contributed by atoms with Crippen LogP contribution in [-0.4, -0.2) is 62.8 Å². The number of hydrogen-bond donors (Lipinski definition) is 1. The lowest BCUT2D eigenvalue weighted by Gasteiger charge is -2.27. The van der Waals surface area contributed by atoms with E-state index >= 15 is 0 Å². The summed E-state index contributed by atoms with van der Waals surface area (Å²) >= 11 is 0. The fourth-order valence-corrected chi connectivity index (χ4v) is 4.46. The third-order valence-electron chi connectivity index (χ3n) is 5.28. The Morgan fingerprint density at radius 3 is 2.67 bits per heavy atom. The summed E-state index contributed by atoms with van der Waals surface area (Å²) < 4.78 is 44.0. The van der Waals surface area contributed by atoms with E-state index in [1.165, 1.54) is 25.3 Å². The van der Waals surface area contributed by atoms with Gasteiger partial charge in [-0.05, 0) is 30.7 Å². The first-order valence-electron chi connectivity index (χ1n) is 10.3. The average molecular weight is 473 g/mol. The lowest BCUT2D eigenvalue weighted by Crippen LogP contribution is -2.40. The van der Waals surface area contributed by atoms with Gasteiger partial charge in [-0.25, -0.2) is 13.1 Å². The van der Waals surface area contributed by atoms with Gasteiger partial charge >= 0.3 is 0 Å². The molecule has 1 aromatic heterocycles. The molecule has 0 saturated carbocycles. The van der Waals surface area contributed by atoms with Crippen molar-refractivity contribution in [1.29, 1.82) is 0 Å². The molecule has 33 heavy (non-hydrogen) atoms. The minimum absolute atomic E-state index is 0.0708. The van der Waals surface area contributed by atoms with Gasteiger partial charge in [0, 0.05) is 18.7 Å². The number of rotatable bonds is 7. The summed E-state index contributed by atoms with van der Waals surface area (Å²) in [6.45, 7) is 3.45. The summed E-state index contributed by atoms with van der Waals surface area (Å²) in [5.74, 6) is 0.484. The van der Waals surface area contributed by atoms with Crippen LogP contribution in [0.3, 0.4) is 0 Å². The number of carbonyl (C=O) groups is 1. The molecule has 1 aliphatic heterocycles. The normalized spacial score (nSPS) is 14.3. The average Bonchev–Trinajstić information content (AvgIpc) is 3.31. The molecule has 2 aromatic carbocycles. The molecular weight excluding hydrogens is 448 g/mol. The minimum Gasteiger partial charge on any atom is -0.496 e. The molecule has 174 valence electrons. The number of nitrogens with zero attached hydrogens (tertiary/aromatic N) is 3. The Kier molecular flexibility index (Phi) is 6.72. The molecule has 11 heteroatoms. The second kappa shape index (κ2) is 9.69. The molecule has 1 saturated heterocycles. The standard InChI is InChI=1S/C22H24N4O6S/c1-15-5-3-4-6-17(15)21-24-20(32-25-21)14-23-33(28,29)16-7-8-19(30-2)18(13-16)22(27)26-9-11-31-12-10-26/h3-8,13,23H,9-12,14H2,1-2H3. The highest BCUT2D eigenvalue weighted by Crippen LogP contribution is 2.25. The van der Waals surface area contributed by atoms with Crippen LogP contribution in [0.4, 0.5) is 0 Å². The molecule has 1 amide bonds. The summed E-state index contributed by atoms with van der Waals surface area (Å²) in [5.41, 5.74) is 1.94. The van der Waals surface area contributed by atoms with Crippen LogP contribution in [0.25, 0.3) is 11.4 Å². The van der Waals surface area contributed by atoms with E-state index in [1.807, 2.05) is 31.2 Å². The summed E-state index contributed by atoms with van der Waals surface area (Å²) in [4.78, 5) is 18.8. The van der Waals surface area contributed by atoms with Crippen LogP contribution in [0.15, 0.2) is 51.9 Å². The number of benzene rings is 2. The maximum absolute atomic E-state index is 12.9. The van der Waals surface area contributed by atoms with Gasteiger partial charge < -0.3 is 18.9 Å². The monoisotopic (exact) mass is 472 g/mol. The van der Waals surface area contributed by atoms with Crippen LogP contribution >= 0.6 is 0 Å². The second-order valence-corrected chi connectivity index (χ2v) is 9.18. The number of nitrogens with one attached hydrogen (secondary N) is 1. The Morgan fingerprint density at radius 1 is 1.18 bits per heavy atom. The van der Waals surface area contributed by atoms with Gasteiger partial charge in [-0.2, -0.15) is 4.98 Å². The molecule has 0 bridgehead atoms. The van der Waals surface area contributed by atoms with Gasteiger partial charge in [0.25, 0.3) is 5.91 Å². The molecular formula is C22H24N4O6S. The fraction of sp³-hybridized carbons (Fsp3) is 0.318. The van der Waals surface area contributed by atoms with E-state index < -0.39 is 10.0 Å². The maximum Gasteiger partial charge on any atom is 0.257 e. The Bertz CT molecular complexity index is 1250. The zero-order chi connectivity index (χ0) is 23.4. The molecule has 0 aliphatic carbocycles. The number of methoxy groups -OCH3 is 1. The molecule has 1 N–H and O–H groups in total. The lowest BCUT2D eigenvalue weighted by atomic mass is 10.1. The molecule has 0 spiro atoms. The van der Waals surface area contributed by atoms with Crippen molar-refractivity contribution < 1.29 is 27.2 Å². The largest absolute Gasteiger partial charge is 0.496 e. The van der Waals surface area contributed by atoms with Crippen LogP contribution in [0.1, 0.15) is 21.8 Å². The third-order valence-corrected chi connectivity index (χ3v) is 6.68. The third kappa shape index (κ3) is 5.05. The van der Waals surface area contributed by atoms with Crippen molar-refractivity contribution in [2.45, 2.75) is 18.4 Å². The summed E-state index contributed by atoms with van der Waals surface area (Å²) in [5, 5.41) is 3.93. The van der Waals surface area contributed by atoms with Crippen molar-refractivity contribution in [3.05, 3.63) is 59.5 Å². The first-order valence-corrected chi connectivity index (χ1v) is 11.8. The smallest absolute Gasteiger partial charge is 0.257 e. The number of morpholine rings is 1.